The zero-order valence-electron chi connectivity index (χ0n) is 20.7. The minimum absolute atomic E-state index is 0.0918. The zero-order valence-corrected chi connectivity index (χ0v) is 21.5. The van der Waals surface area contributed by atoms with Crippen molar-refractivity contribution in [2.24, 2.45) is 0 Å². The first-order chi connectivity index (χ1) is 17.8. The molecule has 0 radical (unpaired) electrons. The predicted octanol–water partition coefficient (Wildman–Crippen LogP) is 4.48. The van der Waals surface area contributed by atoms with Crippen LogP contribution in [-0.2, 0) is 16.1 Å². The molecule has 8 heteroatoms. The van der Waals surface area contributed by atoms with E-state index in [1.54, 1.807) is 41.2 Å². The minimum Gasteiger partial charge on any atom is -0.294 e. The molecule has 4 aromatic rings. The van der Waals surface area contributed by atoms with Gasteiger partial charge in [0.05, 0.1) is 17.8 Å². The maximum Gasteiger partial charge on any atom is 0.327 e. The van der Waals surface area contributed by atoms with Crippen molar-refractivity contribution in [1.82, 2.24) is 14.7 Å². The molecule has 0 saturated heterocycles. The molecule has 0 bridgehead atoms. The number of aromatic nitrogens is 3. The molecule has 1 aliphatic heterocycles. The Kier molecular flexibility index (Phi) is 6.39. The summed E-state index contributed by atoms with van der Waals surface area (Å²) in [6.45, 7) is 5.88. The van der Waals surface area contributed by atoms with E-state index in [0.717, 1.165) is 11.1 Å². The van der Waals surface area contributed by atoms with Gasteiger partial charge in [0, 0.05) is 22.3 Å². The van der Waals surface area contributed by atoms with Gasteiger partial charge in [0.25, 0.3) is 17.2 Å². The van der Waals surface area contributed by atoms with E-state index in [-0.39, 0.29) is 29.3 Å². The van der Waals surface area contributed by atoms with Gasteiger partial charge >= 0.3 is 5.91 Å². The standard InChI is InChI=1S/C29H25ClN4O3/c1-18(2)25-23(28(36)34(31-25)22-13-11-21(30)12-14-22)24-26(32-15-7-8-19(3)16-32)29(37)33(27(24)35)17-20-9-5-4-6-10-20/h4-16,18H,17H2,1-3H3/p+1. The van der Waals surface area contributed by atoms with Gasteiger partial charge in [-0.15, -0.1) is 0 Å². The molecule has 2 aromatic carbocycles. The van der Waals surface area contributed by atoms with Crippen molar-refractivity contribution < 1.29 is 14.2 Å². The molecule has 3 heterocycles. The molecule has 0 spiro atoms. The Labute approximate surface area is 219 Å². The largest absolute Gasteiger partial charge is 0.327 e. The summed E-state index contributed by atoms with van der Waals surface area (Å²) in [6, 6.07) is 19.9. The Bertz CT molecular complexity index is 1600. The fraction of sp³-hybridized carbons (Fsp3) is 0.172. The number of benzene rings is 2. The van der Waals surface area contributed by atoms with Crippen LogP contribution in [0.5, 0.6) is 0 Å². The Morgan fingerprint density at radius 2 is 1.62 bits per heavy atom. The number of pyridine rings is 1. The van der Waals surface area contributed by atoms with Crippen LogP contribution in [-0.4, -0.2) is 26.5 Å². The molecule has 1 aliphatic rings. The lowest BCUT2D eigenvalue weighted by molar-refractivity contribution is -0.577. The summed E-state index contributed by atoms with van der Waals surface area (Å²) in [4.78, 5) is 42.9. The number of amides is 2. The molecule has 5 rings (SSSR count). The van der Waals surface area contributed by atoms with Crippen molar-refractivity contribution in [2.45, 2.75) is 33.2 Å². The Morgan fingerprint density at radius 3 is 2.27 bits per heavy atom. The van der Waals surface area contributed by atoms with Crippen LogP contribution in [0.2, 0.25) is 5.02 Å². The Morgan fingerprint density at radius 1 is 0.919 bits per heavy atom. The lowest BCUT2D eigenvalue weighted by Crippen LogP contribution is -2.39. The third kappa shape index (κ3) is 4.42. The highest BCUT2D eigenvalue weighted by Crippen LogP contribution is 2.33. The first kappa shape index (κ1) is 24.5. The van der Waals surface area contributed by atoms with Crippen LogP contribution < -0.4 is 10.1 Å². The highest BCUT2D eigenvalue weighted by Gasteiger charge is 2.47. The summed E-state index contributed by atoms with van der Waals surface area (Å²) in [7, 11) is 0. The van der Waals surface area contributed by atoms with E-state index in [9.17, 15) is 14.4 Å². The number of imide groups is 1. The van der Waals surface area contributed by atoms with Gasteiger partial charge in [-0.05, 0) is 48.7 Å². The quantitative estimate of drug-likeness (QED) is 0.305. The summed E-state index contributed by atoms with van der Waals surface area (Å²) >= 11 is 6.05. The number of nitrogens with one attached hydrogen (secondary N) is 1. The molecule has 2 amide bonds. The van der Waals surface area contributed by atoms with E-state index in [2.05, 4.69) is 5.10 Å². The molecule has 0 fully saturated rings. The third-order valence-electron chi connectivity index (χ3n) is 6.36. The zero-order chi connectivity index (χ0) is 26.3. The summed E-state index contributed by atoms with van der Waals surface area (Å²) in [5, 5.41) is 3.72. The molecule has 37 heavy (non-hydrogen) atoms. The molecule has 0 atom stereocenters. The maximum atomic E-state index is 14.0. The normalized spacial score (nSPS) is 13.8. The Balaban J connectivity index is 1.75. The van der Waals surface area contributed by atoms with E-state index < -0.39 is 17.4 Å². The van der Waals surface area contributed by atoms with Crippen LogP contribution in [0, 0.1) is 6.92 Å². The second-order valence-corrected chi connectivity index (χ2v) is 9.80. The summed E-state index contributed by atoms with van der Waals surface area (Å²) in [5.74, 6) is -1.08. The summed E-state index contributed by atoms with van der Waals surface area (Å²) < 4.78 is 3.03. The molecule has 0 aliphatic carbocycles. The van der Waals surface area contributed by atoms with E-state index in [4.69, 9.17) is 11.6 Å². The SMILES string of the molecule is Cc1ccc[n+](C2=C(c3c(C(C)C)[nH]n(-c4ccc(Cl)cc4)c3=O)C(=O)N(Cc3ccccc3)C2=O)c1. The van der Waals surface area contributed by atoms with Crippen LogP contribution in [0.1, 0.15) is 42.1 Å². The minimum atomic E-state index is -0.501. The number of nitrogens with zero attached hydrogens (tertiary/aromatic N) is 3. The first-order valence-corrected chi connectivity index (χ1v) is 12.4. The van der Waals surface area contributed by atoms with Gasteiger partial charge in [-0.3, -0.25) is 24.4 Å². The number of aromatic amines is 1. The number of rotatable bonds is 6. The average molecular weight is 514 g/mol. The van der Waals surface area contributed by atoms with Crippen molar-refractivity contribution in [3.8, 4) is 5.69 Å². The van der Waals surface area contributed by atoms with E-state index in [1.165, 1.54) is 9.58 Å². The number of carbonyl (C=O) groups is 2. The van der Waals surface area contributed by atoms with Crippen molar-refractivity contribution in [2.75, 3.05) is 0 Å². The molecular formula is C29H26ClN4O3+. The Hall–Kier alpha value is -4.23. The van der Waals surface area contributed by atoms with Gasteiger partial charge in [0.2, 0.25) is 0 Å². The van der Waals surface area contributed by atoms with Crippen molar-refractivity contribution >= 4 is 34.7 Å². The number of hydrogen-bond acceptors (Lipinski definition) is 3. The van der Waals surface area contributed by atoms with E-state index in [1.807, 2.05) is 63.2 Å². The maximum absolute atomic E-state index is 14.0. The number of aryl methyl sites for hydroxylation is 1. The fourth-order valence-corrected chi connectivity index (χ4v) is 4.68. The average Bonchev–Trinajstić information content (AvgIpc) is 3.34. The van der Waals surface area contributed by atoms with Crippen LogP contribution >= 0.6 is 11.6 Å². The summed E-state index contributed by atoms with van der Waals surface area (Å²) in [6.07, 6.45) is 3.50. The molecule has 0 saturated carbocycles. The number of carbonyl (C=O) groups excluding carboxylic acids is 2. The van der Waals surface area contributed by atoms with Crippen molar-refractivity contribution in [1.29, 1.82) is 0 Å². The number of H-pyrrole nitrogens is 1. The van der Waals surface area contributed by atoms with Gasteiger partial charge in [0.15, 0.2) is 12.4 Å². The lowest BCUT2D eigenvalue weighted by atomic mass is 9.98. The molecule has 186 valence electrons. The van der Waals surface area contributed by atoms with Gasteiger partial charge in [-0.1, -0.05) is 55.8 Å². The first-order valence-electron chi connectivity index (χ1n) is 12.0. The number of hydrogen-bond donors (Lipinski definition) is 1. The van der Waals surface area contributed by atoms with E-state index >= 15 is 0 Å². The molecule has 7 nitrogen and oxygen atoms in total. The van der Waals surface area contributed by atoms with Gasteiger partial charge in [-0.25, -0.2) is 4.68 Å². The van der Waals surface area contributed by atoms with Crippen LogP contribution in [0.25, 0.3) is 17.0 Å². The highest BCUT2D eigenvalue weighted by atomic mass is 35.5. The van der Waals surface area contributed by atoms with Crippen molar-refractivity contribution in [3.63, 3.8) is 0 Å². The third-order valence-corrected chi connectivity index (χ3v) is 6.62. The fourth-order valence-electron chi connectivity index (χ4n) is 4.56. The molecular weight excluding hydrogens is 488 g/mol. The van der Waals surface area contributed by atoms with Crippen LogP contribution in [0.3, 0.4) is 0 Å². The lowest BCUT2D eigenvalue weighted by Gasteiger charge is -2.14. The van der Waals surface area contributed by atoms with Crippen LogP contribution in [0.4, 0.5) is 0 Å². The van der Waals surface area contributed by atoms with E-state index in [0.29, 0.717) is 16.4 Å². The molecule has 1 N–H and O–H groups in total. The van der Waals surface area contributed by atoms with Crippen molar-refractivity contribution in [3.05, 3.63) is 117 Å². The monoisotopic (exact) mass is 513 g/mol. The van der Waals surface area contributed by atoms with Gasteiger partial charge in [0.1, 0.15) is 5.57 Å². The highest BCUT2D eigenvalue weighted by molar-refractivity contribution is 6.44. The topological polar surface area (TPSA) is 79.1 Å². The second kappa shape index (κ2) is 9.67. The second-order valence-electron chi connectivity index (χ2n) is 9.37. The molecule has 0 unspecified atom stereocenters. The van der Waals surface area contributed by atoms with Crippen LogP contribution in [0.15, 0.2) is 83.9 Å². The van der Waals surface area contributed by atoms with Gasteiger partial charge in [-0.2, -0.15) is 4.57 Å². The summed E-state index contributed by atoms with van der Waals surface area (Å²) in [5.41, 5.74) is 2.91. The molecule has 2 aromatic heterocycles. The predicted molar refractivity (Wildman–Crippen MR) is 142 cm³/mol. The van der Waals surface area contributed by atoms with Gasteiger partial charge < -0.3 is 0 Å². The smallest absolute Gasteiger partial charge is 0.294 e. The number of halogens is 1.